The Balaban J connectivity index is 1.71. The van der Waals surface area contributed by atoms with Gasteiger partial charge in [0.05, 0.1) is 18.7 Å². The molecule has 0 aromatic heterocycles. The molecule has 0 spiro atoms. The molecule has 1 saturated heterocycles. The second-order valence-corrected chi connectivity index (χ2v) is 9.44. The summed E-state index contributed by atoms with van der Waals surface area (Å²) >= 11 is 0. The fraction of sp³-hybridized carbons (Fsp3) is 0.290. The lowest BCUT2D eigenvalue weighted by atomic mass is 9.95. The van der Waals surface area contributed by atoms with E-state index in [2.05, 4.69) is 6.58 Å². The van der Waals surface area contributed by atoms with E-state index in [0.717, 1.165) is 41.5 Å². The third-order valence-electron chi connectivity index (χ3n) is 7.03. The Morgan fingerprint density at radius 2 is 1.78 bits per heavy atom. The number of likely N-dealkylation sites (tertiary alicyclic amines) is 1. The zero-order valence-corrected chi connectivity index (χ0v) is 21.2. The number of alkyl halides is 3. The Hall–Kier alpha value is -3.51. The third kappa shape index (κ3) is 6.08. The van der Waals surface area contributed by atoms with Crippen molar-refractivity contribution in [2.45, 2.75) is 44.9 Å². The van der Waals surface area contributed by atoms with Gasteiger partial charge in [-0.1, -0.05) is 73.7 Å². The van der Waals surface area contributed by atoms with Crippen molar-refractivity contribution >= 4 is 12.2 Å². The predicted molar refractivity (Wildman–Crippen MR) is 143 cm³/mol. The number of benzene rings is 3. The van der Waals surface area contributed by atoms with Crippen LogP contribution in [-0.4, -0.2) is 29.7 Å². The third-order valence-corrected chi connectivity index (χ3v) is 7.03. The highest BCUT2D eigenvalue weighted by Crippen LogP contribution is 2.38. The van der Waals surface area contributed by atoms with Crippen molar-refractivity contribution in [1.29, 1.82) is 0 Å². The zero-order chi connectivity index (χ0) is 26.6. The number of hydrogen-bond donors (Lipinski definition) is 1. The van der Waals surface area contributed by atoms with Crippen LogP contribution in [0.1, 0.15) is 47.1 Å². The van der Waals surface area contributed by atoms with Crippen LogP contribution in [0.5, 0.6) is 5.75 Å². The topological polar surface area (TPSA) is 32.7 Å². The normalized spacial score (nSPS) is 16.7. The predicted octanol–water partition coefficient (Wildman–Crippen LogP) is 8.29. The molecule has 0 unspecified atom stereocenters. The molecule has 6 heteroatoms. The molecule has 3 nitrogen and oxygen atoms in total. The van der Waals surface area contributed by atoms with Gasteiger partial charge in [-0.3, -0.25) is 4.90 Å². The molecule has 1 fully saturated rings. The fourth-order valence-electron chi connectivity index (χ4n) is 5.06. The van der Waals surface area contributed by atoms with Gasteiger partial charge in [0, 0.05) is 12.1 Å². The number of nitrogens with zero attached hydrogens (tertiary/aromatic N) is 1. The van der Waals surface area contributed by atoms with Crippen LogP contribution in [0.3, 0.4) is 0 Å². The number of piperidine rings is 1. The van der Waals surface area contributed by atoms with Crippen LogP contribution in [0.4, 0.5) is 13.2 Å². The standard InChI is InChI=1S/C31H32F3NO2/c1-21-23(12-9-13-27(21)24-10-5-4-6-11-24)15-16-25-19-30(37-3)26(18-28(25)31(32,33)34)20-35-17-8-7-14-29(35)22(2)36/h4-6,9-13,15-16,18-19,29,36H,2,7-8,14,17,20H2,1,3H3/b16-15+/t29-/m0/s1. The first-order valence-electron chi connectivity index (χ1n) is 12.4. The Kier molecular flexibility index (Phi) is 8.08. The summed E-state index contributed by atoms with van der Waals surface area (Å²) in [6.45, 7) is 6.54. The van der Waals surface area contributed by atoms with Crippen molar-refractivity contribution in [2.75, 3.05) is 13.7 Å². The minimum atomic E-state index is -4.54. The SMILES string of the molecule is C=C(O)[C@@H]1CCCCN1Cc1cc(C(F)(F)F)c(/C=C/c2cccc(-c3ccccc3)c2C)cc1OC. The largest absolute Gasteiger partial charge is 0.511 e. The molecule has 37 heavy (non-hydrogen) atoms. The van der Waals surface area contributed by atoms with E-state index in [1.54, 1.807) is 6.08 Å². The highest BCUT2D eigenvalue weighted by molar-refractivity contribution is 5.78. The summed E-state index contributed by atoms with van der Waals surface area (Å²) in [7, 11) is 1.46. The van der Waals surface area contributed by atoms with Gasteiger partial charge in [0.15, 0.2) is 0 Å². The number of aliphatic hydroxyl groups is 1. The maximum Gasteiger partial charge on any atom is 0.417 e. The molecule has 0 bridgehead atoms. The van der Waals surface area contributed by atoms with Gasteiger partial charge in [-0.25, -0.2) is 0 Å². The molecule has 0 saturated carbocycles. The van der Waals surface area contributed by atoms with Gasteiger partial charge in [0.25, 0.3) is 0 Å². The van der Waals surface area contributed by atoms with E-state index in [1.807, 2.05) is 60.4 Å². The van der Waals surface area contributed by atoms with E-state index in [4.69, 9.17) is 4.74 Å². The van der Waals surface area contributed by atoms with E-state index in [0.29, 0.717) is 17.9 Å². The molecular weight excluding hydrogens is 475 g/mol. The monoisotopic (exact) mass is 507 g/mol. The molecule has 1 heterocycles. The van der Waals surface area contributed by atoms with Crippen LogP contribution < -0.4 is 4.74 Å². The van der Waals surface area contributed by atoms with Crippen molar-refractivity contribution in [2.24, 2.45) is 0 Å². The van der Waals surface area contributed by atoms with Crippen LogP contribution in [0.15, 0.2) is 73.0 Å². The molecule has 1 N–H and O–H groups in total. The molecule has 0 aliphatic carbocycles. The minimum Gasteiger partial charge on any atom is -0.511 e. The average Bonchev–Trinajstić information content (AvgIpc) is 2.88. The zero-order valence-electron chi connectivity index (χ0n) is 21.2. The van der Waals surface area contributed by atoms with Crippen molar-refractivity contribution in [3.05, 3.63) is 101 Å². The first kappa shape index (κ1) is 26.6. The molecule has 3 aromatic rings. The van der Waals surface area contributed by atoms with Gasteiger partial charge >= 0.3 is 6.18 Å². The molecular formula is C31H32F3NO2. The summed E-state index contributed by atoms with van der Waals surface area (Å²) < 4.78 is 48.1. The van der Waals surface area contributed by atoms with E-state index in [1.165, 1.54) is 25.3 Å². The van der Waals surface area contributed by atoms with Gasteiger partial charge in [-0.05, 0) is 66.3 Å². The molecule has 4 rings (SSSR count). The summed E-state index contributed by atoms with van der Waals surface area (Å²) in [5, 5.41) is 10.0. The van der Waals surface area contributed by atoms with Gasteiger partial charge < -0.3 is 9.84 Å². The minimum absolute atomic E-state index is 0.0411. The van der Waals surface area contributed by atoms with Crippen LogP contribution in [0, 0.1) is 6.92 Å². The number of halogens is 3. The highest BCUT2D eigenvalue weighted by Gasteiger charge is 2.35. The van der Waals surface area contributed by atoms with Crippen molar-refractivity contribution in [3.63, 3.8) is 0 Å². The Labute approximate surface area is 216 Å². The summed E-state index contributed by atoms with van der Waals surface area (Å²) in [6, 6.07) is 18.1. The van der Waals surface area contributed by atoms with Crippen LogP contribution in [-0.2, 0) is 12.7 Å². The summed E-state index contributed by atoms with van der Waals surface area (Å²) in [4.78, 5) is 1.97. The van der Waals surface area contributed by atoms with Crippen molar-refractivity contribution in [1.82, 2.24) is 4.90 Å². The first-order chi connectivity index (χ1) is 17.7. The summed E-state index contributed by atoms with van der Waals surface area (Å²) in [5.41, 5.74) is 3.68. The van der Waals surface area contributed by atoms with Gasteiger partial charge in [-0.2, -0.15) is 13.2 Å². The van der Waals surface area contributed by atoms with E-state index < -0.39 is 11.7 Å². The number of aliphatic hydroxyl groups excluding tert-OH is 1. The smallest absolute Gasteiger partial charge is 0.417 e. The Morgan fingerprint density at radius 3 is 2.46 bits per heavy atom. The van der Waals surface area contributed by atoms with Crippen LogP contribution in [0.2, 0.25) is 0 Å². The molecule has 1 aliphatic heterocycles. The van der Waals surface area contributed by atoms with Gasteiger partial charge in [-0.15, -0.1) is 0 Å². The number of methoxy groups -OCH3 is 1. The lowest BCUT2D eigenvalue weighted by molar-refractivity contribution is -0.137. The Bertz CT molecular complexity index is 1280. The quantitative estimate of drug-likeness (QED) is 0.258. The molecule has 0 amide bonds. The second-order valence-electron chi connectivity index (χ2n) is 9.44. The van der Waals surface area contributed by atoms with Crippen LogP contribution >= 0.6 is 0 Å². The molecule has 3 aromatic carbocycles. The van der Waals surface area contributed by atoms with Crippen LogP contribution in [0.25, 0.3) is 23.3 Å². The highest BCUT2D eigenvalue weighted by atomic mass is 19.4. The van der Waals surface area contributed by atoms with Crippen molar-refractivity contribution < 1.29 is 23.0 Å². The van der Waals surface area contributed by atoms with E-state index in [9.17, 15) is 18.3 Å². The molecule has 194 valence electrons. The fourth-order valence-corrected chi connectivity index (χ4v) is 5.06. The first-order valence-corrected chi connectivity index (χ1v) is 12.4. The maximum absolute atomic E-state index is 14.2. The van der Waals surface area contributed by atoms with E-state index >= 15 is 0 Å². The Morgan fingerprint density at radius 1 is 1.05 bits per heavy atom. The average molecular weight is 508 g/mol. The van der Waals surface area contributed by atoms with Crippen molar-refractivity contribution in [3.8, 4) is 16.9 Å². The van der Waals surface area contributed by atoms with Gasteiger partial charge in [0.1, 0.15) is 11.5 Å². The number of ether oxygens (including phenoxy) is 1. The molecule has 1 aliphatic rings. The number of rotatable bonds is 7. The van der Waals surface area contributed by atoms with Gasteiger partial charge in [0.2, 0.25) is 0 Å². The molecule has 0 radical (unpaired) electrons. The maximum atomic E-state index is 14.2. The van der Waals surface area contributed by atoms with E-state index in [-0.39, 0.29) is 23.9 Å². The summed E-state index contributed by atoms with van der Waals surface area (Å²) in [5.74, 6) is 0.428. The second kappa shape index (κ2) is 11.3. The summed E-state index contributed by atoms with van der Waals surface area (Å²) in [6.07, 6.45) is 1.28. The lowest BCUT2D eigenvalue weighted by Crippen LogP contribution is -2.40. The molecule has 1 atom stereocenters. The lowest BCUT2D eigenvalue weighted by Gasteiger charge is -2.35. The number of hydrogen-bond acceptors (Lipinski definition) is 3.